The fourth-order valence-corrected chi connectivity index (χ4v) is 1.84. The normalized spacial score (nSPS) is 13.1. The van der Waals surface area contributed by atoms with Gasteiger partial charge in [0.1, 0.15) is 0 Å². The fourth-order valence-electron chi connectivity index (χ4n) is 1.84. The molecule has 0 aliphatic rings. The summed E-state index contributed by atoms with van der Waals surface area (Å²) in [5.74, 6) is -3.09. The van der Waals surface area contributed by atoms with Crippen molar-refractivity contribution in [2.24, 2.45) is 0 Å². The second kappa shape index (κ2) is 5.77. The van der Waals surface area contributed by atoms with Crippen molar-refractivity contribution in [2.75, 3.05) is 0 Å². The first kappa shape index (κ1) is 13.6. The molecule has 0 heterocycles. The van der Waals surface area contributed by atoms with E-state index in [0.29, 0.717) is 18.4 Å². The smallest absolute Gasteiger partial charge is 0.201 e. The number of rotatable bonds is 5. The van der Waals surface area contributed by atoms with Gasteiger partial charge in [0.25, 0.3) is 5.92 Å². The number of nitriles is 1. The highest BCUT2D eigenvalue weighted by Crippen LogP contribution is 2.34. The van der Waals surface area contributed by atoms with Crippen LogP contribution in [-0.4, -0.2) is 0 Å². The summed E-state index contributed by atoms with van der Waals surface area (Å²) in [6.07, 6.45) is 0.922. The standard InChI is InChI=1S/C14H17F2N/c1-3-8-14(15,16)13-7-5-6-12(9-13)11(4-2)10-17/h5-7,9,11H,3-4,8H2,1-2H3. The highest BCUT2D eigenvalue weighted by Gasteiger charge is 2.30. The Bertz CT molecular complexity index is 407. The molecule has 0 N–H and O–H groups in total. The SMILES string of the molecule is CCCC(F)(F)c1cccc(C(C#N)CC)c1. The van der Waals surface area contributed by atoms with E-state index in [0.717, 1.165) is 0 Å². The van der Waals surface area contributed by atoms with Crippen molar-refractivity contribution in [3.63, 3.8) is 0 Å². The maximum atomic E-state index is 13.7. The molecular weight excluding hydrogens is 220 g/mol. The molecule has 1 rings (SSSR count). The number of halogens is 2. The van der Waals surface area contributed by atoms with Gasteiger partial charge in [0.15, 0.2) is 0 Å². The van der Waals surface area contributed by atoms with E-state index in [4.69, 9.17) is 5.26 Å². The molecule has 0 fully saturated rings. The molecule has 0 aromatic heterocycles. The minimum Gasteiger partial charge on any atom is -0.201 e. The minimum atomic E-state index is -2.79. The largest absolute Gasteiger partial charge is 0.273 e. The molecule has 17 heavy (non-hydrogen) atoms. The van der Waals surface area contributed by atoms with Crippen LogP contribution in [0.2, 0.25) is 0 Å². The van der Waals surface area contributed by atoms with Gasteiger partial charge in [-0.1, -0.05) is 38.5 Å². The van der Waals surface area contributed by atoms with Gasteiger partial charge in [-0.2, -0.15) is 5.26 Å². The Labute approximate surface area is 101 Å². The van der Waals surface area contributed by atoms with Gasteiger partial charge in [0.05, 0.1) is 12.0 Å². The van der Waals surface area contributed by atoms with Gasteiger partial charge in [-0.15, -0.1) is 0 Å². The van der Waals surface area contributed by atoms with Crippen LogP contribution in [0.1, 0.15) is 50.2 Å². The van der Waals surface area contributed by atoms with Crippen molar-refractivity contribution in [1.82, 2.24) is 0 Å². The Hall–Kier alpha value is -1.43. The summed E-state index contributed by atoms with van der Waals surface area (Å²) in [7, 11) is 0. The van der Waals surface area contributed by atoms with Crippen LogP contribution >= 0.6 is 0 Å². The molecule has 0 bridgehead atoms. The van der Waals surface area contributed by atoms with E-state index in [9.17, 15) is 8.78 Å². The van der Waals surface area contributed by atoms with Crippen LogP contribution in [0.5, 0.6) is 0 Å². The molecule has 92 valence electrons. The molecular formula is C14H17F2N. The number of alkyl halides is 2. The molecule has 0 spiro atoms. The van der Waals surface area contributed by atoms with Crippen LogP contribution in [0.4, 0.5) is 8.78 Å². The first-order chi connectivity index (χ1) is 8.05. The molecule has 1 aromatic rings. The Kier molecular flexibility index (Phi) is 4.62. The molecule has 0 radical (unpaired) electrons. The lowest BCUT2D eigenvalue weighted by Gasteiger charge is -2.17. The molecule has 1 nitrogen and oxygen atoms in total. The Morgan fingerprint density at radius 2 is 2.06 bits per heavy atom. The lowest BCUT2D eigenvalue weighted by molar-refractivity contribution is -0.0141. The van der Waals surface area contributed by atoms with Crippen molar-refractivity contribution in [2.45, 2.75) is 45.0 Å². The van der Waals surface area contributed by atoms with Crippen molar-refractivity contribution in [3.05, 3.63) is 35.4 Å². The van der Waals surface area contributed by atoms with Crippen LogP contribution in [0, 0.1) is 11.3 Å². The molecule has 0 aliphatic heterocycles. The quantitative estimate of drug-likeness (QED) is 0.734. The predicted molar refractivity (Wildman–Crippen MR) is 63.9 cm³/mol. The van der Waals surface area contributed by atoms with Crippen molar-refractivity contribution < 1.29 is 8.78 Å². The van der Waals surface area contributed by atoms with Crippen molar-refractivity contribution >= 4 is 0 Å². The molecule has 1 atom stereocenters. The molecule has 0 saturated heterocycles. The summed E-state index contributed by atoms with van der Waals surface area (Å²) in [6, 6.07) is 8.38. The van der Waals surface area contributed by atoms with Crippen LogP contribution in [0.25, 0.3) is 0 Å². The Morgan fingerprint density at radius 3 is 2.59 bits per heavy atom. The summed E-state index contributed by atoms with van der Waals surface area (Å²) in [5.41, 5.74) is 0.703. The third-order valence-corrected chi connectivity index (χ3v) is 2.84. The van der Waals surface area contributed by atoms with Gasteiger partial charge in [0.2, 0.25) is 0 Å². The fraction of sp³-hybridized carbons (Fsp3) is 0.500. The summed E-state index contributed by atoms with van der Waals surface area (Å²) >= 11 is 0. The number of hydrogen-bond acceptors (Lipinski definition) is 1. The molecule has 0 aliphatic carbocycles. The predicted octanol–water partition coefficient (Wildman–Crippen LogP) is 4.60. The van der Waals surface area contributed by atoms with E-state index in [2.05, 4.69) is 6.07 Å². The van der Waals surface area contributed by atoms with Crippen molar-refractivity contribution in [1.29, 1.82) is 5.26 Å². The van der Waals surface area contributed by atoms with E-state index in [-0.39, 0.29) is 17.9 Å². The summed E-state index contributed by atoms with van der Waals surface area (Å²) in [6.45, 7) is 3.62. The zero-order chi connectivity index (χ0) is 12.9. The summed E-state index contributed by atoms with van der Waals surface area (Å²) in [5, 5.41) is 8.94. The average Bonchev–Trinajstić information content (AvgIpc) is 2.31. The molecule has 3 heteroatoms. The van der Waals surface area contributed by atoms with Gasteiger partial charge < -0.3 is 0 Å². The second-order valence-electron chi connectivity index (χ2n) is 4.17. The highest BCUT2D eigenvalue weighted by molar-refractivity contribution is 5.32. The van der Waals surface area contributed by atoms with Crippen molar-refractivity contribution in [3.8, 4) is 6.07 Å². The molecule has 1 aromatic carbocycles. The van der Waals surface area contributed by atoms with E-state index >= 15 is 0 Å². The first-order valence-corrected chi connectivity index (χ1v) is 5.93. The third kappa shape index (κ3) is 3.26. The lowest BCUT2D eigenvalue weighted by Crippen LogP contribution is -2.13. The van der Waals surface area contributed by atoms with E-state index in [1.54, 1.807) is 19.1 Å². The zero-order valence-corrected chi connectivity index (χ0v) is 10.2. The maximum Gasteiger partial charge on any atom is 0.273 e. The third-order valence-electron chi connectivity index (χ3n) is 2.84. The van der Waals surface area contributed by atoms with Gasteiger partial charge >= 0.3 is 0 Å². The monoisotopic (exact) mass is 237 g/mol. The van der Waals surface area contributed by atoms with E-state index in [1.807, 2.05) is 6.92 Å². The molecule has 0 amide bonds. The van der Waals surface area contributed by atoms with Gasteiger partial charge in [-0.25, -0.2) is 8.78 Å². The molecule has 1 unspecified atom stereocenters. The van der Waals surface area contributed by atoms with Crippen LogP contribution < -0.4 is 0 Å². The van der Waals surface area contributed by atoms with Crippen LogP contribution in [0.15, 0.2) is 24.3 Å². The summed E-state index contributed by atoms with van der Waals surface area (Å²) < 4.78 is 27.4. The first-order valence-electron chi connectivity index (χ1n) is 5.93. The van der Waals surface area contributed by atoms with Crippen LogP contribution in [-0.2, 0) is 5.92 Å². The van der Waals surface area contributed by atoms with E-state index < -0.39 is 5.92 Å². The van der Waals surface area contributed by atoms with Crippen LogP contribution in [0.3, 0.4) is 0 Å². The number of nitrogens with zero attached hydrogens (tertiary/aromatic N) is 1. The maximum absolute atomic E-state index is 13.7. The minimum absolute atomic E-state index is 0.0190. The highest BCUT2D eigenvalue weighted by atomic mass is 19.3. The second-order valence-corrected chi connectivity index (χ2v) is 4.17. The Balaban J connectivity index is 3.05. The number of benzene rings is 1. The Morgan fingerprint density at radius 1 is 1.35 bits per heavy atom. The van der Waals surface area contributed by atoms with E-state index in [1.165, 1.54) is 12.1 Å². The summed E-state index contributed by atoms with van der Waals surface area (Å²) in [4.78, 5) is 0. The lowest BCUT2D eigenvalue weighted by atomic mass is 9.94. The topological polar surface area (TPSA) is 23.8 Å². The van der Waals surface area contributed by atoms with Gasteiger partial charge in [-0.05, 0) is 18.1 Å². The number of hydrogen-bond donors (Lipinski definition) is 0. The van der Waals surface area contributed by atoms with Gasteiger partial charge in [0, 0.05) is 12.0 Å². The molecule has 0 saturated carbocycles. The average molecular weight is 237 g/mol. The zero-order valence-electron chi connectivity index (χ0n) is 10.2. The van der Waals surface area contributed by atoms with Gasteiger partial charge in [-0.3, -0.25) is 0 Å².